The monoisotopic (exact) mass is 639 g/mol. The third kappa shape index (κ3) is 12.5. The molecule has 6 N–H and O–H groups in total. The van der Waals surface area contributed by atoms with Crippen molar-refractivity contribution < 1.29 is 49.2 Å². The predicted molar refractivity (Wildman–Crippen MR) is 161 cm³/mol. The summed E-state index contributed by atoms with van der Waals surface area (Å²) in [4.78, 5) is 76.6. The van der Waals surface area contributed by atoms with Gasteiger partial charge in [-0.2, -0.15) is 0 Å². The zero-order valence-electron chi connectivity index (χ0n) is 25.9. The van der Waals surface area contributed by atoms with Crippen molar-refractivity contribution in [2.24, 2.45) is 0 Å². The van der Waals surface area contributed by atoms with Crippen LogP contribution in [0.3, 0.4) is 0 Å². The zero-order valence-corrected chi connectivity index (χ0v) is 25.9. The molecule has 3 rings (SSSR count). The molecule has 1 unspecified atom stereocenters. The lowest BCUT2D eigenvalue weighted by molar-refractivity contribution is -0.147. The quantitative estimate of drug-likeness (QED) is 0.127. The summed E-state index contributed by atoms with van der Waals surface area (Å²) in [5, 5.41) is 43.7. The number of aliphatic carboxylic acids is 4. The Labute approximate surface area is 263 Å². The Bertz CT molecular complexity index is 1030. The molecule has 15 nitrogen and oxygen atoms in total. The molecular weight excluding hydrogens is 590 g/mol. The molecule has 0 bridgehead atoms. The highest BCUT2D eigenvalue weighted by Crippen LogP contribution is 2.28. The van der Waals surface area contributed by atoms with Crippen LogP contribution in [0.5, 0.6) is 0 Å². The molecule has 0 aliphatic heterocycles. The van der Waals surface area contributed by atoms with Crippen LogP contribution in [0.1, 0.15) is 83.5 Å². The second kappa shape index (κ2) is 18.0. The van der Waals surface area contributed by atoms with Crippen LogP contribution in [-0.4, -0.2) is 140 Å². The first-order chi connectivity index (χ1) is 21.4. The number of carbonyl (C=O) groups is 6. The molecule has 3 fully saturated rings. The highest BCUT2D eigenvalue weighted by molar-refractivity contribution is 5.80. The van der Waals surface area contributed by atoms with Crippen molar-refractivity contribution in [2.45, 2.75) is 114 Å². The Morgan fingerprint density at radius 1 is 0.444 bits per heavy atom. The van der Waals surface area contributed by atoms with E-state index >= 15 is 0 Å². The lowest BCUT2D eigenvalue weighted by atomic mass is 9.87. The normalized spacial score (nSPS) is 24.3. The number of hydrogen-bond acceptors (Lipinski definition) is 9. The molecule has 0 aromatic carbocycles. The lowest BCUT2D eigenvalue weighted by Gasteiger charge is -2.43. The maximum atomic E-state index is 13.1. The maximum absolute atomic E-state index is 13.1. The van der Waals surface area contributed by atoms with Crippen molar-refractivity contribution in [1.82, 2.24) is 25.3 Å². The SMILES string of the molecule is O=C(O)CN(CC(=O)NC1CCC(NC(=O)CN(CC(=O)O)[C@@H]2CCCCC2N(CC(=O)O)CC(=O)O)CC1)C1CCCCC1. The molecule has 0 aromatic heterocycles. The number of carbonyl (C=O) groups excluding carboxylic acids is 2. The number of hydrogen-bond donors (Lipinski definition) is 6. The van der Waals surface area contributed by atoms with E-state index in [2.05, 4.69) is 10.6 Å². The minimum absolute atomic E-state index is 0.0333. The third-order valence-corrected chi connectivity index (χ3v) is 9.23. The molecule has 3 aliphatic rings. The largest absolute Gasteiger partial charge is 0.480 e. The Balaban J connectivity index is 1.53. The van der Waals surface area contributed by atoms with Gasteiger partial charge in [-0.3, -0.25) is 43.5 Å². The fraction of sp³-hybridized carbons (Fsp3) is 0.800. The van der Waals surface area contributed by atoms with Gasteiger partial charge in [-0.25, -0.2) is 0 Å². The number of amides is 2. The molecule has 2 amide bonds. The van der Waals surface area contributed by atoms with E-state index in [0.717, 1.165) is 44.9 Å². The summed E-state index contributed by atoms with van der Waals surface area (Å²) < 4.78 is 0. The molecule has 3 aliphatic carbocycles. The van der Waals surface area contributed by atoms with Gasteiger partial charge >= 0.3 is 23.9 Å². The topological polar surface area (TPSA) is 217 Å². The first kappa shape index (κ1) is 36.2. The zero-order chi connectivity index (χ0) is 32.9. The summed E-state index contributed by atoms with van der Waals surface area (Å²) in [6.45, 7) is -1.81. The lowest BCUT2D eigenvalue weighted by Crippen LogP contribution is -2.58. The predicted octanol–water partition coefficient (Wildman–Crippen LogP) is 0.418. The number of nitrogens with one attached hydrogen (secondary N) is 2. The van der Waals surface area contributed by atoms with Crippen molar-refractivity contribution in [2.75, 3.05) is 39.3 Å². The summed E-state index contributed by atoms with van der Waals surface area (Å²) in [7, 11) is 0. The number of carboxylic acids is 4. The molecule has 0 saturated heterocycles. The van der Waals surface area contributed by atoms with Crippen molar-refractivity contribution in [1.29, 1.82) is 0 Å². The van der Waals surface area contributed by atoms with E-state index in [1.54, 1.807) is 4.90 Å². The summed E-state index contributed by atoms with van der Waals surface area (Å²) >= 11 is 0. The molecule has 2 atom stereocenters. The number of rotatable bonds is 17. The highest BCUT2D eigenvalue weighted by atomic mass is 16.4. The van der Waals surface area contributed by atoms with Gasteiger partial charge in [-0.15, -0.1) is 0 Å². The average Bonchev–Trinajstić information content (AvgIpc) is 2.96. The van der Waals surface area contributed by atoms with E-state index in [1.807, 2.05) is 0 Å². The summed E-state index contributed by atoms with van der Waals surface area (Å²) in [5.74, 6) is -5.04. The average molecular weight is 640 g/mol. The van der Waals surface area contributed by atoms with E-state index in [4.69, 9.17) is 0 Å². The van der Waals surface area contributed by atoms with E-state index in [0.29, 0.717) is 38.5 Å². The van der Waals surface area contributed by atoms with Gasteiger partial charge in [0.05, 0.1) is 39.3 Å². The van der Waals surface area contributed by atoms with Crippen molar-refractivity contribution >= 4 is 35.7 Å². The van der Waals surface area contributed by atoms with Gasteiger partial charge in [0, 0.05) is 30.2 Å². The molecule has 0 heterocycles. The van der Waals surface area contributed by atoms with E-state index < -0.39 is 55.6 Å². The third-order valence-electron chi connectivity index (χ3n) is 9.23. The highest BCUT2D eigenvalue weighted by Gasteiger charge is 2.37. The van der Waals surface area contributed by atoms with Crippen LogP contribution in [0.2, 0.25) is 0 Å². The van der Waals surface area contributed by atoms with Gasteiger partial charge in [0.15, 0.2) is 0 Å². The Kier molecular flexibility index (Phi) is 14.5. The van der Waals surface area contributed by atoms with Crippen LogP contribution >= 0.6 is 0 Å². The minimum atomic E-state index is -1.18. The first-order valence-corrected chi connectivity index (χ1v) is 16.1. The van der Waals surface area contributed by atoms with Crippen molar-refractivity contribution in [3.8, 4) is 0 Å². The number of nitrogens with zero attached hydrogens (tertiary/aromatic N) is 3. The van der Waals surface area contributed by atoms with Crippen LogP contribution in [0.15, 0.2) is 0 Å². The van der Waals surface area contributed by atoms with Crippen molar-refractivity contribution in [3.63, 3.8) is 0 Å². The van der Waals surface area contributed by atoms with Gasteiger partial charge in [0.25, 0.3) is 0 Å². The van der Waals surface area contributed by atoms with Gasteiger partial charge < -0.3 is 31.1 Å². The molecule has 3 saturated carbocycles. The smallest absolute Gasteiger partial charge is 0.317 e. The Hall–Kier alpha value is -3.30. The fourth-order valence-corrected chi connectivity index (χ4v) is 7.28. The standard InChI is InChI=1S/C30H49N5O10/c36-25(14-33(16-27(38)39)22-6-2-1-3-7-22)31-20-10-12-21(13-11-20)32-26(37)15-34(17-28(40)41)23-8-4-5-9-24(23)35(18-29(42)43)19-30(44)45/h20-24H,1-19H2,(H,31,36)(H,32,37)(H,38,39)(H,40,41)(H,42,43)(H,44,45)/t20?,21?,23-,24?/m1/s1. The summed E-state index contributed by atoms with van der Waals surface area (Å²) in [6, 6.07) is -1.19. The van der Waals surface area contributed by atoms with E-state index in [1.165, 1.54) is 9.80 Å². The minimum Gasteiger partial charge on any atom is -0.480 e. The van der Waals surface area contributed by atoms with Gasteiger partial charge in [-0.1, -0.05) is 32.1 Å². The van der Waals surface area contributed by atoms with Crippen LogP contribution in [-0.2, 0) is 28.8 Å². The number of carboxylic acid groups (broad SMARTS) is 4. The van der Waals surface area contributed by atoms with Crippen LogP contribution in [0.25, 0.3) is 0 Å². The molecule has 45 heavy (non-hydrogen) atoms. The Morgan fingerprint density at radius 2 is 0.778 bits per heavy atom. The van der Waals surface area contributed by atoms with Gasteiger partial charge in [0.2, 0.25) is 11.8 Å². The molecule has 0 spiro atoms. The van der Waals surface area contributed by atoms with Crippen molar-refractivity contribution in [3.05, 3.63) is 0 Å². The van der Waals surface area contributed by atoms with E-state index in [9.17, 15) is 49.2 Å². The van der Waals surface area contributed by atoms with Crippen LogP contribution in [0.4, 0.5) is 0 Å². The first-order valence-electron chi connectivity index (χ1n) is 16.1. The van der Waals surface area contributed by atoms with E-state index in [-0.39, 0.29) is 49.6 Å². The molecule has 15 heteroatoms. The van der Waals surface area contributed by atoms with Crippen LogP contribution < -0.4 is 10.6 Å². The second-order valence-corrected chi connectivity index (χ2v) is 12.7. The summed E-state index contributed by atoms with van der Waals surface area (Å²) in [6.07, 6.45) is 9.91. The fourth-order valence-electron chi connectivity index (χ4n) is 7.28. The molecule has 0 aromatic rings. The molecule has 0 radical (unpaired) electrons. The molecule has 254 valence electrons. The van der Waals surface area contributed by atoms with Gasteiger partial charge in [-0.05, 0) is 51.4 Å². The van der Waals surface area contributed by atoms with Gasteiger partial charge in [0.1, 0.15) is 0 Å². The molecular formula is C30H49N5O10. The maximum Gasteiger partial charge on any atom is 0.317 e. The Morgan fingerprint density at radius 3 is 1.18 bits per heavy atom. The second-order valence-electron chi connectivity index (χ2n) is 12.7. The summed E-state index contributed by atoms with van der Waals surface area (Å²) in [5.41, 5.74) is 0. The van der Waals surface area contributed by atoms with Crippen LogP contribution in [0, 0.1) is 0 Å².